The lowest BCUT2D eigenvalue weighted by molar-refractivity contribution is 0.419. The van der Waals surface area contributed by atoms with E-state index in [0.29, 0.717) is 6.54 Å². The monoisotopic (exact) mass is 345 g/mol. The van der Waals surface area contributed by atoms with Crippen molar-refractivity contribution >= 4 is 16.6 Å². The number of aromatic nitrogens is 4. The maximum absolute atomic E-state index is 5.44. The Bertz CT molecular complexity index is 1040. The summed E-state index contributed by atoms with van der Waals surface area (Å²) in [5.41, 5.74) is 4.63. The van der Waals surface area contributed by atoms with E-state index in [9.17, 15) is 0 Å². The van der Waals surface area contributed by atoms with E-state index in [1.54, 1.807) is 11.8 Å². The van der Waals surface area contributed by atoms with E-state index in [4.69, 9.17) is 4.74 Å². The molecule has 6 heteroatoms. The highest BCUT2D eigenvalue weighted by Gasteiger charge is 2.09. The third-order valence-electron chi connectivity index (χ3n) is 4.17. The maximum atomic E-state index is 5.44. The SMILES string of the molecule is COc1cccc2c(NCc3cn(-c4ccccc4)nn3)cc(C)nc12. The van der Waals surface area contributed by atoms with Crippen LogP contribution >= 0.6 is 0 Å². The molecule has 2 aromatic heterocycles. The number of fused-ring (bicyclic) bond motifs is 1. The molecule has 0 saturated carbocycles. The lowest BCUT2D eigenvalue weighted by Crippen LogP contribution is -2.02. The van der Waals surface area contributed by atoms with Crippen LogP contribution < -0.4 is 10.1 Å². The van der Waals surface area contributed by atoms with Gasteiger partial charge in [0.25, 0.3) is 0 Å². The molecule has 4 rings (SSSR count). The molecule has 0 saturated heterocycles. The molecule has 2 heterocycles. The predicted octanol–water partition coefficient (Wildman–Crippen LogP) is 3.74. The van der Waals surface area contributed by atoms with E-state index in [1.165, 1.54) is 0 Å². The van der Waals surface area contributed by atoms with E-state index in [2.05, 4.69) is 20.6 Å². The molecule has 130 valence electrons. The van der Waals surface area contributed by atoms with Gasteiger partial charge in [-0.15, -0.1) is 5.10 Å². The van der Waals surface area contributed by atoms with Crippen molar-refractivity contribution in [3.63, 3.8) is 0 Å². The first-order valence-electron chi connectivity index (χ1n) is 8.39. The highest BCUT2D eigenvalue weighted by Crippen LogP contribution is 2.30. The van der Waals surface area contributed by atoms with Gasteiger partial charge in [0.15, 0.2) is 0 Å². The van der Waals surface area contributed by atoms with Crippen molar-refractivity contribution in [3.8, 4) is 11.4 Å². The van der Waals surface area contributed by atoms with Crippen molar-refractivity contribution < 1.29 is 4.74 Å². The Morgan fingerprint density at radius 1 is 1.08 bits per heavy atom. The van der Waals surface area contributed by atoms with Crippen molar-refractivity contribution in [3.05, 3.63) is 72.2 Å². The van der Waals surface area contributed by atoms with Gasteiger partial charge in [-0.3, -0.25) is 0 Å². The number of hydrogen-bond donors (Lipinski definition) is 1. The first kappa shape index (κ1) is 16.1. The molecular formula is C20H19N5O. The van der Waals surface area contributed by atoms with Gasteiger partial charge in [-0.25, -0.2) is 9.67 Å². The van der Waals surface area contributed by atoms with Crippen LogP contribution in [-0.4, -0.2) is 27.1 Å². The van der Waals surface area contributed by atoms with Crippen LogP contribution in [0.1, 0.15) is 11.4 Å². The molecule has 0 atom stereocenters. The van der Waals surface area contributed by atoms with E-state index in [1.807, 2.05) is 67.7 Å². The molecule has 0 aliphatic heterocycles. The number of para-hydroxylation sites is 2. The fourth-order valence-corrected chi connectivity index (χ4v) is 2.93. The first-order chi connectivity index (χ1) is 12.7. The Kier molecular flexibility index (Phi) is 4.23. The highest BCUT2D eigenvalue weighted by atomic mass is 16.5. The molecule has 0 amide bonds. The summed E-state index contributed by atoms with van der Waals surface area (Å²) in [5.74, 6) is 0.768. The fourth-order valence-electron chi connectivity index (χ4n) is 2.93. The number of methoxy groups -OCH3 is 1. The van der Waals surface area contributed by atoms with Gasteiger partial charge in [0, 0.05) is 16.8 Å². The van der Waals surface area contributed by atoms with Gasteiger partial charge in [-0.1, -0.05) is 35.5 Å². The number of rotatable bonds is 5. The van der Waals surface area contributed by atoms with Crippen molar-refractivity contribution in [1.82, 2.24) is 20.0 Å². The third-order valence-corrected chi connectivity index (χ3v) is 4.17. The van der Waals surface area contributed by atoms with Gasteiger partial charge in [0.2, 0.25) is 0 Å². The summed E-state index contributed by atoms with van der Waals surface area (Å²) in [6.07, 6.45) is 1.93. The smallest absolute Gasteiger partial charge is 0.145 e. The van der Waals surface area contributed by atoms with Crippen LogP contribution in [0.5, 0.6) is 5.75 Å². The molecule has 0 unspecified atom stereocenters. The second-order valence-corrected chi connectivity index (χ2v) is 6.01. The zero-order chi connectivity index (χ0) is 17.9. The van der Waals surface area contributed by atoms with Gasteiger partial charge in [-0.05, 0) is 31.2 Å². The predicted molar refractivity (Wildman–Crippen MR) is 102 cm³/mol. The average Bonchev–Trinajstić information content (AvgIpc) is 3.15. The van der Waals surface area contributed by atoms with Crippen LogP contribution in [0.25, 0.3) is 16.6 Å². The normalized spacial score (nSPS) is 10.8. The number of ether oxygens (including phenoxy) is 1. The van der Waals surface area contributed by atoms with E-state index in [-0.39, 0.29) is 0 Å². The summed E-state index contributed by atoms with van der Waals surface area (Å²) in [4.78, 5) is 4.61. The molecular weight excluding hydrogens is 326 g/mol. The topological polar surface area (TPSA) is 64.9 Å². The molecule has 0 aliphatic carbocycles. The number of aryl methyl sites for hydroxylation is 1. The lowest BCUT2D eigenvalue weighted by atomic mass is 10.1. The van der Waals surface area contributed by atoms with Crippen LogP contribution in [0, 0.1) is 6.92 Å². The summed E-state index contributed by atoms with van der Waals surface area (Å²) in [6.45, 7) is 2.55. The van der Waals surface area contributed by atoms with Crippen LogP contribution in [0.15, 0.2) is 60.8 Å². The van der Waals surface area contributed by atoms with Crippen LogP contribution in [-0.2, 0) is 6.54 Å². The van der Waals surface area contributed by atoms with E-state index < -0.39 is 0 Å². The van der Waals surface area contributed by atoms with Crippen LogP contribution in [0.3, 0.4) is 0 Å². The zero-order valence-corrected chi connectivity index (χ0v) is 14.7. The minimum atomic E-state index is 0.572. The second kappa shape index (κ2) is 6.84. The largest absolute Gasteiger partial charge is 0.494 e. The van der Waals surface area contributed by atoms with Crippen molar-refractivity contribution in [2.45, 2.75) is 13.5 Å². The van der Waals surface area contributed by atoms with Crippen molar-refractivity contribution in [2.24, 2.45) is 0 Å². The molecule has 0 spiro atoms. The lowest BCUT2D eigenvalue weighted by Gasteiger charge is -2.11. The summed E-state index contributed by atoms with van der Waals surface area (Å²) in [7, 11) is 1.66. The standard InChI is InChI=1S/C20H19N5O/c1-14-11-18(17-9-6-10-19(26-2)20(17)22-14)21-12-15-13-25(24-23-15)16-7-4-3-5-8-16/h3-11,13H,12H2,1-2H3,(H,21,22). The molecule has 2 aromatic carbocycles. The van der Waals surface area contributed by atoms with Gasteiger partial charge in [0.05, 0.1) is 25.5 Å². The number of nitrogens with zero attached hydrogens (tertiary/aromatic N) is 4. The van der Waals surface area contributed by atoms with Crippen LogP contribution in [0.4, 0.5) is 5.69 Å². The minimum absolute atomic E-state index is 0.572. The summed E-state index contributed by atoms with van der Waals surface area (Å²) >= 11 is 0. The Labute approximate surface area is 151 Å². The van der Waals surface area contributed by atoms with E-state index in [0.717, 1.165) is 39.4 Å². The molecule has 0 bridgehead atoms. The molecule has 1 N–H and O–H groups in total. The Morgan fingerprint density at radius 3 is 2.73 bits per heavy atom. The molecule has 6 nitrogen and oxygen atoms in total. The number of pyridine rings is 1. The second-order valence-electron chi connectivity index (χ2n) is 6.01. The maximum Gasteiger partial charge on any atom is 0.145 e. The van der Waals surface area contributed by atoms with Crippen molar-refractivity contribution in [1.29, 1.82) is 0 Å². The third kappa shape index (κ3) is 3.09. The van der Waals surface area contributed by atoms with Crippen LogP contribution in [0.2, 0.25) is 0 Å². The number of nitrogens with one attached hydrogen (secondary N) is 1. The molecule has 26 heavy (non-hydrogen) atoms. The van der Waals surface area contributed by atoms with E-state index >= 15 is 0 Å². The zero-order valence-electron chi connectivity index (χ0n) is 14.7. The number of anilines is 1. The van der Waals surface area contributed by atoms with Gasteiger partial charge >= 0.3 is 0 Å². The average molecular weight is 345 g/mol. The Balaban J connectivity index is 1.60. The fraction of sp³-hybridized carbons (Fsp3) is 0.150. The summed E-state index contributed by atoms with van der Waals surface area (Å²) in [6, 6.07) is 17.9. The van der Waals surface area contributed by atoms with Gasteiger partial charge in [0.1, 0.15) is 17.0 Å². The highest BCUT2D eigenvalue weighted by molar-refractivity contribution is 5.95. The minimum Gasteiger partial charge on any atom is -0.494 e. The Hall–Kier alpha value is -3.41. The van der Waals surface area contributed by atoms with Gasteiger partial charge < -0.3 is 10.1 Å². The first-order valence-corrected chi connectivity index (χ1v) is 8.39. The molecule has 0 radical (unpaired) electrons. The quantitative estimate of drug-likeness (QED) is 0.597. The van der Waals surface area contributed by atoms with Crippen molar-refractivity contribution in [2.75, 3.05) is 12.4 Å². The summed E-state index contributed by atoms with van der Waals surface area (Å²) in [5, 5.41) is 12.9. The molecule has 4 aromatic rings. The molecule has 0 fully saturated rings. The summed E-state index contributed by atoms with van der Waals surface area (Å²) < 4.78 is 7.21. The number of benzene rings is 2. The number of hydrogen-bond acceptors (Lipinski definition) is 5. The Morgan fingerprint density at radius 2 is 1.92 bits per heavy atom. The molecule has 0 aliphatic rings. The van der Waals surface area contributed by atoms with Gasteiger partial charge in [-0.2, -0.15) is 0 Å².